The van der Waals surface area contributed by atoms with Gasteiger partial charge in [0.15, 0.2) is 0 Å². The lowest BCUT2D eigenvalue weighted by atomic mass is 10.1. The summed E-state index contributed by atoms with van der Waals surface area (Å²) in [5.74, 6) is 1.71. The van der Waals surface area contributed by atoms with Crippen LogP contribution in [0.2, 0.25) is 0 Å². The van der Waals surface area contributed by atoms with Crippen LogP contribution in [0.3, 0.4) is 0 Å². The zero-order valence-corrected chi connectivity index (χ0v) is 15.2. The Morgan fingerprint density at radius 2 is 1.88 bits per heavy atom. The number of carbonyl (C=O) groups excluding carboxylic acids is 1. The van der Waals surface area contributed by atoms with E-state index in [1.165, 1.54) is 0 Å². The number of rotatable bonds is 6. The maximum Gasteiger partial charge on any atom is 0.240 e. The number of hydrogen-bond acceptors (Lipinski definition) is 6. The molecule has 2 rings (SSSR count). The predicted molar refractivity (Wildman–Crippen MR) is 92.4 cm³/mol. The topological polar surface area (TPSA) is 78.1 Å². The summed E-state index contributed by atoms with van der Waals surface area (Å²) < 4.78 is 21.5. The van der Waals surface area contributed by atoms with Gasteiger partial charge in [-0.1, -0.05) is 0 Å². The summed E-state index contributed by atoms with van der Waals surface area (Å²) in [6.07, 6.45) is -0.164. The third-order valence-electron chi connectivity index (χ3n) is 3.86. The third kappa shape index (κ3) is 4.66. The lowest BCUT2D eigenvalue weighted by molar-refractivity contribution is -0.129. The summed E-state index contributed by atoms with van der Waals surface area (Å²) in [5, 5.41) is 6.06. The number of benzene rings is 1. The van der Waals surface area contributed by atoms with Crippen LogP contribution >= 0.6 is 12.4 Å². The molecule has 0 bridgehead atoms. The van der Waals surface area contributed by atoms with Gasteiger partial charge in [-0.3, -0.25) is 4.79 Å². The first-order valence-corrected chi connectivity index (χ1v) is 7.52. The van der Waals surface area contributed by atoms with E-state index in [1.807, 2.05) is 6.92 Å². The van der Waals surface area contributed by atoms with Crippen molar-refractivity contribution >= 4 is 18.3 Å². The van der Waals surface area contributed by atoms with Crippen LogP contribution in [0.4, 0.5) is 0 Å². The molecule has 0 aliphatic carbocycles. The van der Waals surface area contributed by atoms with Gasteiger partial charge in [0.2, 0.25) is 5.91 Å². The second-order valence-corrected chi connectivity index (χ2v) is 5.24. The molecule has 1 saturated heterocycles. The number of amides is 1. The largest absolute Gasteiger partial charge is 0.496 e. The number of nitrogens with one attached hydrogen (secondary N) is 2. The van der Waals surface area contributed by atoms with Crippen molar-refractivity contribution < 1.29 is 23.7 Å². The number of ether oxygens (including phenoxy) is 4. The van der Waals surface area contributed by atoms with E-state index >= 15 is 0 Å². The second-order valence-electron chi connectivity index (χ2n) is 5.24. The van der Waals surface area contributed by atoms with Gasteiger partial charge in [-0.15, -0.1) is 12.4 Å². The first-order valence-electron chi connectivity index (χ1n) is 7.52. The monoisotopic (exact) mass is 360 g/mol. The Kier molecular flexibility index (Phi) is 8.10. The van der Waals surface area contributed by atoms with Crippen molar-refractivity contribution in [2.75, 3.05) is 34.5 Å². The maximum absolute atomic E-state index is 12.3. The first-order chi connectivity index (χ1) is 11.1. The van der Waals surface area contributed by atoms with E-state index in [0.29, 0.717) is 36.9 Å². The highest BCUT2D eigenvalue weighted by molar-refractivity contribution is 5.85. The fraction of sp³-hybridized carbons (Fsp3) is 0.562. The van der Waals surface area contributed by atoms with Gasteiger partial charge in [0.05, 0.1) is 46.1 Å². The van der Waals surface area contributed by atoms with Gasteiger partial charge in [-0.25, -0.2) is 0 Å². The molecular formula is C16H25ClN2O5. The van der Waals surface area contributed by atoms with Crippen LogP contribution in [0.1, 0.15) is 12.5 Å². The molecular weight excluding hydrogens is 336 g/mol. The molecule has 0 unspecified atom stereocenters. The van der Waals surface area contributed by atoms with Gasteiger partial charge < -0.3 is 29.6 Å². The number of hydrogen-bond donors (Lipinski definition) is 2. The molecule has 0 radical (unpaired) electrons. The van der Waals surface area contributed by atoms with Gasteiger partial charge in [0, 0.05) is 18.7 Å². The van der Waals surface area contributed by atoms with Crippen molar-refractivity contribution in [1.29, 1.82) is 0 Å². The van der Waals surface area contributed by atoms with Gasteiger partial charge >= 0.3 is 0 Å². The summed E-state index contributed by atoms with van der Waals surface area (Å²) >= 11 is 0. The molecule has 0 saturated carbocycles. The molecule has 1 heterocycles. The van der Waals surface area contributed by atoms with Crippen LogP contribution in [0.5, 0.6) is 17.2 Å². The zero-order chi connectivity index (χ0) is 16.8. The SMILES string of the molecule is COc1cc(OC)c(CNC(=O)[C@H]2NCCO[C@@H]2C)c(OC)c1.Cl. The van der Waals surface area contributed by atoms with E-state index in [2.05, 4.69) is 10.6 Å². The van der Waals surface area contributed by atoms with E-state index in [9.17, 15) is 4.79 Å². The van der Waals surface area contributed by atoms with Crippen molar-refractivity contribution in [2.45, 2.75) is 25.6 Å². The molecule has 1 aromatic rings. The van der Waals surface area contributed by atoms with Crippen LogP contribution in [-0.4, -0.2) is 52.5 Å². The molecule has 2 atom stereocenters. The van der Waals surface area contributed by atoms with E-state index in [1.54, 1.807) is 33.5 Å². The second kappa shape index (κ2) is 9.56. The summed E-state index contributed by atoms with van der Waals surface area (Å²) in [7, 11) is 4.71. The fourth-order valence-electron chi connectivity index (χ4n) is 2.56. The van der Waals surface area contributed by atoms with Crippen LogP contribution in [0.25, 0.3) is 0 Å². The van der Waals surface area contributed by atoms with Gasteiger partial charge in [-0.05, 0) is 6.92 Å². The Hall–Kier alpha value is -1.70. The van der Waals surface area contributed by atoms with Crippen molar-refractivity contribution in [3.05, 3.63) is 17.7 Å². The molecule has 136 valence electrons. The van der Waals surface area contributed by atoms with Crippen molar-refractivity contribution in [3.63, 3.8) is 0 Å². The molecule has 1 amide bonds. The minimum atomic E-state index is -0.362. The normalized spacial score (nSPS) is 19.8. The molecule has 1 aromatic carbocycles. The van der Waals surface area contributed by atoms with E-state index in [0.717, 1.165) is 5.56 Å². The summed E-state index contributed by atoms with van der Waals surface area (Å²) in [6, 6.07) is 3.16. The molecule has 0 aromatic heterocycles. The number of morpholine rings is 1. The average Bonchev–Trinajstić information content (AvgIpc) is 2.59. The average molecular weight is 361 g/mol. The van der Waals surface area contributed by atoms with Crippen molar-refractivity contribution in [3.8, 4) is 17.2 Å². The minimum Gasteiger partial charge on any atom is -0.496 e. The summed E-state index contributed by atoms with van der Waals surface area (Å²) in [4.78, 5) is 12.3. The standard InChI is InChI=1S/C16H24N2O5.ClH/c1-10-15(17-5-6-23-10)16(19)18-9-12-13(21-3)7-11(20-2)8-14(12)22-4;/h7-8,10,15,17H,5-6,9H2,1-4H3,(H,18,19);1H/t10-,15+;/m1./s1. The summed E-state index contributed by atoms with van der Waals surface area (Å²) in [6.45, 7) is 3.45. The lowest BCUT2D eigenvalue weighted by Gasteiger charge is -2.29. The highest BCUT2D eigenvalue weighted by Gasteiger charge is 2.28. The highest BCUT2D eigenvalue weighted by Crippen LogP contribution is 2.33. The minimum absolute atomic E-state index is 0. The van der Waals surface area contributed by atoms with E-state index in [-0.39, 0.29) is 30.5 Å². The van der Waals surface area contributed by atoms with Gasteiger partial charge in [0.25, 0.3) is 0 Å². The van der Waals surface area contributed by atoms with Crippen LogP contribution < -0.4 is 24.8 Å². The molecule has 8 heteroatoms. The van der Waals surface area contributed by atoms with Gasteiger partial charge in [-0.2, -0.15) is 0 Å². The lowest BCUT2D eigenvalue weighted by Crippen LogP contribution is -2.55. The Morgan fingerprint density at radius 1 is 1.25 bits per heavy atom. The smallest absolute Gasteiger partial charge is 0.240 e. The van der Waals surface area contributed by atoms with Crippen molar-refractivity contribution in [1.82, 2.24) is 10.6 Å². The highest BCUT2D eigenvalue weighted by atomic mass is 35.5. The fourth-order valence-corrected chi connectivity index (χ4v) is 2.56. The van der Waals surface area contributed by atoms with E-state index in [4.69, 9.17) is 18.9 Å². The first kappa shape index (κ1) is 20.3. The molecule has 1 aliphatic heterocycles. The predicted octanol–water partition coefficient (Wildman–Crippen LogP) is 1.13. The maximum atomic E-state index is 12.3. The Bertz CT molecular complexity index is 530. The molecule has 24 heavy (non-hydrogen) atoms. The van der Waals surface area contributed by atoms with Crippen LogP contribution in [0, 0.1) is 0 Å². The third-order valence-corrected chi connectivity index (χ3v) is 3.86. The molecule has 1 aliphatic rings. The number of carbonyl (C=O) groups is 1. The van der Waals surface area contributed by atoms with Gasteiger partial charge in [0.1, 0.15) is 23.3 Å². The van der Waals surface area contributed by atoms with Crippen LogP contribution in [-0.2, 0) is 16.1 Å². The Morgan fingerprint density at radius 3 is 2.38 bits per heavy atom. The quantitative estimate of drug-likeness (QED) is 0.791. The number of methoxy groups -OCH3 is 3. The molecule has 0 spiro atoms. The Balaban J connectivity index is 0.00000288. The Labute approximate surface area is 148 Å². The van der Waals surface area contributed by atoms with Crippen molar-refractivity contribution in [2.24, 2.45) is 0 Å². The number of halogens is 1. The molecule has 1 fully saturated rings. The summed E-state index contributed by atoms with van der Waals surface area (Å²) in [5.41, 5.74) is 0.758. The van der Waals surface area contributed by atoms with Crippen LogP contribution in [0.15, 0.2) is 12.1 Å². The molecule has 7 nitrogen and oxygen atoms in total. The molecule has 2 N–H and O–H groups in total. The zero-order valence-electron chi connectivity index (χ0n) is 14.4. The van der Waals surface area contributed by atoms with E-state index < -0.39 is 0 Å².